The minimum Gasteiger partial charge on any atom is -0.478 e. The van der Waals surface area contributed by atoms with Gasteiger partial charge in [-0.1, -0.05) is 0 Å². The number of nitrogens with zero attached hydrogens (tertiary/aromatic N) is 2. The highest BCUT2D eigenvalue weighted by molar-refractivity contribution is 7.99. The van der Waals surface area contributed by atoms with E-state index in [0.29, 0.717) is 25.1 Å². The molecule has 1 saturated carbocycles. The van der Waals surface area contributed by atoms with E-state index < -0.39 is 0 Å². The second-order valence-corrected chi connectivity index (χ2v) is 6.51. The summed E-state index contributed by atoms with van der Waals surface area (Å²) in [5, 5.41) is 7.66. The van der Waals surface area contributed by atoms with Crippen LogP contribution in [0.15, 0.2) is 23.3 Å². The predicted octanol–water partition coefficient (Wildman–Crippen LogP) is 2.43. The molecule has 0 bridgehead atoms. The van der Waals surface area contributed by atoms with Crippen molar-refractivity contribution < 1.29 is 4.74 Å². The number of pyridine rings is 1. The molecule has 122 valence electrons. The van der Waals surface area contributed by atoms with Crippen LogP contribution in [-0.4, -0.2) is 42.1 Å². The first-order valence-corrected chi connectivity index (χ1v) is 9.11. The zero-order chi connectivity index (χ0) is 15.8. The smallest absolute Gasteiger partial charge is 0.213 e. The number of nitrogens with one attached hydrogen (secondary N) is 2. The van der Waals surface area contributed by atoms with Gasteiger partial charge in [-0.15, -0.1) is 0 Å². The lowest BCUT2D eigenvalue weighted by Gasteiger charge is -2.17. The third-order valence-electron chi connectivity index (χ3n) is 3.83. The van der Waals surface area contributed by atoms with E-state index >= 15 is 0 Å². The van der Waals surface area contributed by atoms with Crippen LogP contribution in [0.25, 0.3) is 0 Å². The monoisotopic (exact) mass is 322 g/mol. The first-order valence-electron chi connectivity index (χ1n) is 7.82. The molecule has 2 atom stereocenters. The summed E-state index contributed by atoms with van der Waals surface area (Å²) >= 11 is 1.97. The van der Waals surface area contributed by atoms with Crippen LogP contribution in [0, 0.1) is 0 Å². The van der Waals surface area contributed by atoms with Crippen molar-refractivity contribution in [3.63, 3.8) is 0 Å². The van der Waals surface area contributed by atoms with E-state index in [9.17, 15) is 0 Å². The van der Waals surface area contributed by atoms with E-state index in [0.717, 1.165) is 16.8 Å². The number of guanidine groups is 1. The van der Waals surface area contributed by atoms with Gasteiger partial charge in [0.1, 0.15) is 0 Å². The Hall–Kier alpha value is -1.43. The molecule has 1 fully saturated rings. The molecular formula is C16H26N4OS. The topological polar surface area (TPSA) is 58.5 Å². The number of rotatable bonds is 6. The van der Waals surface area contributed by atoms with Crippen LogP contribution in [0.1, 0.15) is 31.7 Å². The average molecular weight is 322 g/mol. The molecule has 0 aromatic carbocycles. The lowest BCUT2D eigenvalue weighted by Crippen LogP contribution is -2.42. The highest BCUT2D eigenvalue weighted by Crippen LogP contribution is 2.27. The maximum atomic E-state index is 5.42. The van der Waals surface area contributed by atoms with Crippen LogP contribution in [0.5, 0.6) is 5.88 Å². The third kappa shape index (κ3) is 5.09. The van der Waals surface area contributed by atoms with Crippen LogP contribution < -0.4 is 15.4 Å². The fourth-order valence-electron chi connectivity index (χ4n) is 2.65. The number of hydrogen-bond donors (Lipinski definition) is 2. The van der Waals surface area contributed by atoms with Crippen LogP contribution in [-0.2, 0) is 6.54 Å². The summed E-state index contributed by atoms with van der Waals surface area (Å²) in [6, 6.07) is 4.48. The predicted molar refractivity (Wildman–Crippen MR) is 93.7 cm³/mol. The quantitative estimate of drug-likeness (QED) is 0.622. The Morgan fingerprint density at radius 3 is 3.05 bits per heavy atom. The molecule has 0 aliphatic heterocycles. The van der Waals surface area contributed by atoms with Crippen molar-refractivity contribution in [2.75, 3.05) is 19.9 Å². The summed E-state index contributed by atoms with van der Waals surface area (Å²) in [7, 11) is 1.81. The van der Waals surface area contributed by atoms with Gasteiger partial charge in [-0.05, 0) is 44.1 Å². The Morgan fingerprint density at radius 1 is 1.50 bits per heavy atom. The van der Waals surface area contributed by atoms with E-state index in [-0.39, 0.29) is 0 Å². The van der Waals surface area contributed by atoms with E-state index in [1.165, 1.54) is 19.3 Å². The second-order valence-electron chi connectivity index (χ2n) is 5.37. The summed E-state index contributed by atoms with van der Waals surface area (Å²) in [4.78, 5) is 8.50. The molecule has 1 aliphatic rings. The third-order valence-corrected chi connectivity index (χ3v) is 4.93. The van der Waals surface area contributed by atoms with Gasteiger partial charge in [0, 0.05) is 37.1 Å². The van der Waals surface area contributed by atoms with Gasteiger partial charge in [-0.3, -0.25) is 4.99 Å². The van der Waals surface area contributed by atoms with Gasteiger partial charge in [-0.25, -0.2) is 4.98 Å². The summed E-state index contributed by atoms with van der Waals surface area (Å²) in [5.74, 6) is 1.53. The largest absolute Gasteiger partial charge is 0.478 e. The Labute approximate surface area is 137 Å². The molecule has 1 aromatic rings. The van der Waals surface area contributed by atoms with Crippen molar-refractivity contribution in [2.45, 2.75) is 44.0 Å². The van der Waals surface area contributed by atoms with Crippen LogP contribution in [0.2, 0.25) is 0 Å². The number of thioether (sulfide) groups is 1. The number of hydrogen-bond acceptors (Lipinski definition) is 4. The zero-order valence-corrected chi connectivity index (χ0v) is 14.4. The summed E-state index contributed by atoms with van der Waals surface area (Å²) in [6.45, 7) is 3.30. The van der Waals surface area contributed by atoms with Gasteiger partial charge in [0.05, 0.1) is 6.61 Å². The number of ether oxygens (including phenoxy) is 1. The second kappa shape index (κ2) is 8.88. The molecule has 2 N–H and O–H groups in total. The van der Waals surface area contributed by atoms with Gasteiger partial charge in [0.25, 0.3) is 0 Å². The van der Waals surface area contributed by atoms with E-state index in [4.69, 9.17) is 4.74 Å². The number of aliphatic imine (C=N–C) groups is 1. The van der Waals surface area contributed by atoms with Gasteiger partial charge >= 0.3 is 0 Å². The van der Waals surface area contributed by atoms with Gasteiger partial charge in [-0.2, -0.15) is 11.8 Å². The molecule has 22 heavy (non-hydrogen) atoms. The highest BCUT2D eigenvalue weighted by Gasteiger charge is 2.24. The minimum atomic E-state index is 0.528. The fraction of sp³-hybridized carbons (Fsp3) is 0.625. The summed E-state index contributed by atoms with van der Waals surface area (Å²) in [5.41, 5.74) is 1.13. The highest BCUT2D eigenvalue weighted by atomic mass is 32.2. The first kappa shape index (κ1) is 16.9. The number of aromatic nitrogens is 1. The van der Waals surface area contributed by atoms with E-state index in [1.54, 1.807) is 6.20 Å². The van der Waals surface area contributed by atoms with Crippen LogP contribution in [0.3, 0.4) is 0 Å². The Bertz CT molecular complexity index is 495. The summed E-state index contributed by atoms with van der Waals surface area (Å²) < 4.78 is 5.42. The minimum absolute atomic E-state index is 0.528. The van der Waals surface area contributed by atoms with Crippen molar-refractivity contribution in [1.29, 1.82) is 0 Å². The van der Waals surface area contributed by atoms with Gasteiger partial charge < -0.3 is 15.4 Å². The Balaban J connectivity index is 1.82. The Morgan fingerprint density at radius 2 is 2.36 bits per heavy atom. The van der Waals surface area contributed by atoms with Gasteiger partial charge in [0.15, 0.2) is 5.96 Å². The maximum Gasteiger partial charge on any atom is 0.213 e. The molecule has 1 heterocycles. The molecule has 0 radical (unpaired) electrons. The molecule has 1 aromatic heterocycles. The zero-order valence-electron chi connectivity index (χ0n) is 13.6. The maximum absolute atomic E-state index is 5.42. The molecular weight excluding hydrogens is 296 g/mol. The molecule has 0 saturated heterocycles. The van der Waals surface area contributed by atoms with Crippen molar-refractivity contribution >= 4 is 17.7 Å². The van der Waals surface area contributed by atoms with Crippen LogP contribution in [0.4, 0.5) is 0 Å². The Kier molecular flexibility index (Phi) is 6.83. The molecule has 0 amide bonds. The van der Waals surface area contributed by atoms with E-state index in [2.05, 4.69) is 26.9 Å². The molecule has 1 aliphatic carbocycles. The molecule has 5 nitrogen and oxygen atoms in total. The molecule has 6 heteroatoms. The SMILES string of the molecule is CCOc1cc(CNC(=NC)NC2CCC(SC)C2)ccn1. The lowest BCUT2D eigenvalue weighted by atomic mass is 10.2. The van der Waals surface area contributed by atoms with Crippen molar-refractivity contribution in [3.05, 3.63) is 23.9 Å². The fourth-order valence-corrected chi connectivity index (χ4v) is 3.44. The molecule has 0 spiro atoms. The van der Waals surface area contributed by atoms with Crippen LogP contribution >= 0.6 is 11.8 Å². The van der Waals surface area contributed by atoms with Crippen molar-refractivity contribution in [3.8, 4) is 5.88 Å². The standard InChI is InChI=1S/C16H26N4OS/c1-4-21-15-9-12(7-8-18-15)11-19-16(17-2)20-13-5-6-14(10-13)22-3/h7-9,13-14H,4-6,10-11H2,1-3H3,(H2,17,19,20). The molecule has 2 unspecified atom stereocenters. The summed E-state index contributed by atoms with van der Waals surface area (Å²) in [6.07, 6.45) is 7.69. The lowest BCUT2D eigenvalue weighted by molar-refractivity contribution is 0.326. The first-order chi connectivity index (χ1) is 10.7. The average Bonchev–Trinajstić information content (AvgIpc) is 3.00. The normalized spacial score (nSPS) is 21.7. The van der Waals surface area contributed by atoms with Gasteiger partial charge in [0.2, 0.25) is 5.88 Å². The van der Waals surface area contributed by atoms with Crippen molar-refractivity contribution in [2.24, 2.45) is 4.99 Å². The molecule has 2 rings (SSSR count). The van der Waals surface area contributed by atoms with Crippen molar-refractivity contribution in [1.82, 2.24) is 15.6 Å². The van der Waals surface area contributed by atoms with E-state index in [1.807, 2.05) is 37.9 Å².